The number of rotatable bonds is 4. The maximum atomic E-state index is 4.59. The van der Waals surface area contributed by atoms with Gasteiger partial charge in [-0.1, -0.05) is 12.1 Å². The first-order chi connectivity index (χ1) is 12.6. The number of hydrogen-bond donors (Lipinski definition) is 1. The van der Waals surface area contributed by atoms with E-state index in [1.54, 1.807) is 17.7 Å². The molecular formula is C20H23N5S. The average molecular weight is 366 g/mol. The molecule has 0 atom stereocenters. The highest BCUT2D eigenvalue weighted by Crippen LogP contribution is 2.38. The molecule has 0 saturated carbocycles. The van der Waals surface area contributed by atoms with Crippen LogP contribution in [0.1, 0.15) is 35.8 Å². The highest BCUT2D eigenvalue weighted by Gasteiger charge is 2.19. The zero-order valence-corrected chi connectivity index (χ0v) is 16.2. The van der Waals surface area contributed by atoms with Crippen molar-refractivity contribution in [3.05, 3.63) is 46.6 Å². The number of fused-ring (bicyclic) bond motifs is 3. The first kappa shape index (κ1) is 17.0. The lowest BCUT2D eigenvalue weighted by molar-refractivity contribution is 0.700. The number of nitrogens with one attached hydrogen (secondary N) is 1. The highest BCUT2D eigenvalue weighted by molar-refractivity contribution is 7.19. The minimum absolute atomic E-state index is 0.818. The number of anilines is 2. The first-order valence-corrected chi connectivity index (χ1v) is 9.78. The van der Waals surface area contributed by atoms with Gasteiger partial charge in [0.1, 0.15) is 11.2 Å². The Bertz CT molecular complexity index is 956. The van der Waals surface area contributed by atoms with E-state index in [1.807, 2.05) is 21.0 Å². The Morgan fingerprint density at radius 1 is 1.12 bits per heavy atom. The summed E-state index contributed by atoms with van der Waals surface area (Å²) in [6.07, 6.45) is 6.43. The molecule has 0 radical (unpaired) electrons. The van der Waals surface area contributed by atoms with Crippen molar-refractivity contribution in [1.82, 2.24) is 9.97 Å². The van der Waals surface area contributed by atoms with Gasteiger partial charge in [-0.25, -0.2) is 9.97 Å². The molecule has 0 unspecified atom stereocenters. The molecule has 1 aliphatic carbocycles. The number of thiophene rings is 1. The van der Waals surface area contributed by atoms with E-state index in [-0.39, 0.29) is 0 Å². The Labute approximate surface area is 157 Å². The van der Waals surface area contributed by atoms with E-state index in [4.69, 9.17) is 0 Å². The van der Waals surface area contributed by atoms with Crippen LogP contribution in [0.5, 0.6) is 0 Å². The Kier molecular flexibility index (Phi) is 4.59. The quantitative estimate of drug-likeness (QED) is 0.547. The third-order valence-corrected chi connectivity index (χ3v) is 6.08. The normalized spacial score (nSPS) is 14.3. The summed E-state index contributed by atoms with van der Waals surface area (Å²) in [5, 5.41) is 5.74. The number of nitrogens with zero attached hydrogens (tertiary/aromatic N) is 4. The molecule has 6 heteroatoms. The van der Waals surface area contributed by atoms with Crippen molar-refractivity contribution in [2.75, 3.05) is 24.4 Å². The molecule has 1 aliphatic rings. The van der Waals surface area contributed by atoms with Crippen molar-refractivity contribution in [2.24, 2.45) is 5.10 Å². The van der Waals surface area contributed by atoms with Gasteiger partial charge in [0.15, 0.2) is 5.82 Å². The van der Waals surface area contributed by atoms with Gasteiger partial charge in [-0.15, -0.1) is 11.3 Å². The molecule has 2 aromatic heterocycles. The number of aromatic nitrogens is 2. The molecule has 0 aliphatic heterocycles. The van der Waals surface area contributed by atoms with E-state index in [0.29, 0.717) is 0 Å². The molecule has 5 nitrogen and oxygen atoms in total. The summed E-state index contributed by atoms with van der Waals surface area (Å²) in [4.78, 5) is 13.6. The summed E-state index contributed by atoms with van der Waals surface area (Å²) in [6.45, 7) is 2.01. The minimum Gasteiger partial charge on any atom is -0.378 e. The van der Waals surface area contributed by atoms with Crippen LogP contribution < -0.4 is 10.3 Å². The maximum absolute atomic E-state index is 4.59. The predicted octanol–water partition coefficient (Wildman–Crippen LogP) is 4.47. The van der Waals surface area contributed by atoms with E-state index in [9.17, 15) is 0 Å². The number of hydrogen-bond acceptors (Lipinski definition) is 6. The fourth-order valence-electron chi connectivity index (χ4n) is 3.38. The number of aryl methyl sites for hydroxylation is 2. The van der Waals surface area contributed by atoms with Gasteiger partial charge in [-0.3, -0.25) is 5.43 Å². The SMILES string of the molecule is CC(=NNc1ncnc2sc3c(c12)CCCC3)c1ccc(N(C)C)cc1. The molecule has 3 aromatic rings. The van der Waals surface area contributed by atoms with E-state index in [0.717, 1.165) is 40.2 Å². The fraction of sp³-hybridized carbons (Fsp3) is 0.350. The van der Waals surface area contributed by atoms with E-state index < -0.39 is 0 Å². The minimum atomic E-state index is 0.818. The van der Waals surface area contributed by atoms with Crippen LogP contribution in [0.2, 0.25) is 0 Å². The standard InChI is InChI=1S/C20H23N5S/c1-13(14-8-10-15(11-9-14)25(2)3)23-24-19-18-16-6-4-5-7-17(16)26-20(18)22-12-21-19/h8-12H,4-7H2,1-3H3,(H,21,22,24). The Hall–Kier alpha value is -2.47. The second-order valence-electron chi connectivity index (χ2n) is 6.86. The van der Waals surface area contributed by atoms with Gasteiger partial charge in [-0.05, 0) is 55.9 Å². The lowest BCUT2D eigenvalue weighted by Crippen LogP contribution is -2.09. The molecule has 2 heterocycles. The summed E-state index contributed by atoms with van der Waals surface area (Å²) >= 11 is 1.80. The van der Waals surface area contributed by atoms with Gasteiger partial charge in [0.2, 0.25) is 0 Å². The van der Waals surface area contributed by atoms with Gasteiger partial charge in [-0.2, -0.15) is 5.10 Å². The van der Waals surface area contributed by atoms with Gasteiger partial charge in [0.05, 0.1) is 11.1 Å². The van der Waals surface area contributed by atoms with Crippen LogP contribution in [0.4, 0.5) is 11.5 Å². The summed E-state index contributed by atoms with van der Waals surface area (Å²) in [5.74, 6) is 0.818. The zero-order chi connectivity index (χ0) is 18.1. The van der Waals surface area contributed by atoms with Gasteiger partial charge in [0, 0.05) is 24.7 Å². The maximum Gasteiger partial charge on any atom is 0.158 e. The van der Waals surface area contributed by atoms with Crippen molar-refractivity contribution >= 4 is 38.8 Å². The smallest absolute Gasteiger partial charge is 0.158 e. The van der Waals surface area contributed by atoms with Gasteiger partial charge in [0.25, 0.3) is 0 Å². The van der Waals surface area contributed by atoms with Crippen LogP contribution in [-0.2, 0) is 12.8 Å². The monoisotopic (exact) mass is 365 g/mol. The molecule has 0 saturated heterocycles. The van der Waals surface area contributed by atoms with Crippen LogP contribution in [0.15, 0.2) is 35.7 Å². The summed E-state index contributed by atoms with van der Waals surface area (Å²) in [5.41, 5.74) is 7.82. The molecule has 0 fully saturated rings. The molecule has 1 aromatic carbocycles. The third kappa shape index (κ3) is 3.17. The Morgan fingerprint density at radius 2 is 1.88 bits per heavy atom. The van der Waals surface area contributed by atoms with Crippen molar-refractivity contribution in [3.8, 4) is 0 Å². The highest BCUT2D eigenvalue weighted by atomic mass is 32.1. The third-order valence-electron chi connectivity index (χ3n) is 4.88. The average Bonchev–Trinajstić information content (AvgIpc) is 3.05. The number of hydrazone groups is 1. The molecule has 26 heavy (non-hydrogen) atoms. The summed E-state index contributed by atoms with van der Waals surface area (Å²) in [6, 6.07) is 8.40. The first-order valence-electron chi connectivity index (χ1n) is 8.97. The van der Waals surface area contributed by atoms with Gasteiger partial charge < -0.3 is 4.90 Å². The van der Waals surface area contributed by atoms with Crippen molar-refractivity contribution in [3.63, 3.8) is 0 Å². The predicted molar refractivity (Wildman–Crippen MR) is 111 cm³/mol. The van der Waals surface area contributed by atoms with E-state index >= 15 is 0 Å². The molecule has 134 valence electrons. The van der Waals surface area contributed by atoms with Gasteiger partial charge >= 0.3 is 0 Å². The largest absolute Gasteiger partial charge is 0.378 e. The topological polar surface area (TPSA) is 53.4 Å². The zero-order valence-electron chi connectivity index (χ0n) is 15.4. The molecule has 0 spiro atoms. The second kappa shape index (κ2) is 7.03. The van der Waals surface area contributed by atoms with Crippen LogP contribution in [0.25, 0.3) is 10.2 Å². The Balaban J connectivity index is 1.62. The fourth-order valence-corrected chi connectivity index (χ4v) is 4.61. The van der Waals surface area contributed by atoms with Crippen LogP contribution in [0, 0.1) is 0 Å². The summed E-state index contributed by atoms with van der Waals surface area (Å²) < 4.78 is 0. The van der Waals surface area contributed by atoms with Crippen molar-refractivity contribution in [1.29, 1.82) is 0 Å². The van der Waals surface area contributed by atoms with Crippen LogP contribution in [-0.4, -0.2) is 29.8 Å². The number of benzene rings is 1. The van der Waals surface area contributed by atoms with Crippen molar-refractivity contribution in [2.45, 2.75) is 32.6 Å². The summed E-state index contributed by atoms with van der Waals surface area (Å²) in [7, 11) is 4.08. The van der Waals surface area contributed by atoms with E-state index in [2.05, 4.69) is 49.7 Å². The van der Waals surface area contributed by atoms with E-state index in [1.165, 1.54) is 29.0 Å². The second-order valence-corrected chi connectivity index (χ2v) is 7.95. The lowest BCUT2D eigenvalue weighted by Gasteiger charge is -2.13. The molecular weight excluding hydrogens is 342 g/mol. The van der Waals surface area contributed by atoms with Crippen molar-refractivity contribution < 1.29 is 0 Å². The molecule has 1 N–H and O–H groups in total. The Morgan fingerprint density at radius 3 is 2.65 bits per heavy atom. The lowest BCUT2D eigenvalue weighted by atomic mass is 9.97. The van der Waals surface area contributed by atoms with Crippen LogP contribution >= 0.6 is 11.3 Å². The molecule has 0 bridgehead atoms. The van der Waals surface area contributed by atoms with Crippen LogP contribution in [0.3, 0.4) is 0 Å². The molecule has 0 amide bonds. The molecule has 4 rings (SSSR count).